The van der Waals surface area contributed by atoms with Crippen molar-refractivity contribution < 1.29 is 23.9 Å². The van der Waals surface area contributed by atoms with Crippen molar-refractivity contribution in [3.8, 4) is 5.75 Å². The van der Waals surface area contributed by atoms with Gasteiger partial charge in [0.2, 0.25) is 0 Å². The summed E-state index contributed by atoms with van der Waals surface area (Å²) < 4.78 is 9.87. The van der Waals surface area contributed by atoms with Crippen LogP contribution in [0.1, 0.15) is 20.7 Å². The molecule has 0 atom stereocenters. The Labute approximate surface area is 148 Å². The van der Waals surface area contributed by atoms with Crippen molar-refractivity contribution in [3.05, 3.63) is 64.7 Å². The van der Waals surface area contributed by atoms with E-state index >= 15 is 0 Å². The van der Waals surface area contributed by atoms with Crippen molar-refractivity contribution in [1.82, 2.24) is 10.9 Å². The van der Waals surface area contributed by atoms with E-state index in [1.807, 2.05) is 0 Å². The van der Waals surface area contributed by atoms with Gasteiger partial charge in [-0.05, 0) is 42.5 Å². The summed E-state index contributed by atoms with van der Waals surface area (Å²) in [5.74, 6) is -1.39. The number of hydrazine groups is 1. The van der Waals surface area contributed by atoms with Crippen LogP contribution in [0.5, 0.6) is 5.75 Å². The number of benzene rings is 2. The number of nitrogens with one attached hydrogen (secondary N) is 2. The number of methoxy groups -OCH3 is 1. The van der Waals surface area contributed by atoms with Gasteiger partial charge in [0.05, 0.1) is 12.7 Å². The molecule has 8 heteroatoms. The first-order valence-electron chi connectivity index (χ1n) is 7.15. The number of hydrogen-bond acceptors (Lipinski definition) is 5. The first-order chi connectivity index (χ1) is 12.0. The molecule has 130 valence electrons. The first-order valence-corrected chi connectivity index (χ1v) is 7.53. The van der Waals surface area contributed by atoms with E-state index < -0.39 is 24.4 Å². The van der Waals surface area contributed by atoms with Gasteiger partial charge in [-0.1, -0.05) is 17.7 Å². The lowest BCUT2D eigenvalue weighted by molar-refractivity contribution is -0.125. The van der Waals surface area contributed by atoms with E-state index in [1.165, 1.54) is 31.4 Å². The third kappa shape index (κ3) is 5.50. The second-order valence-corrected chi connectivity index (χ2v) is 5.25. The molecule has 0 aromatic heterocycles. The molecule has 0 spiro atoms. The molecule has 0 heterocycles. The third-order valence-corrected chi connectivity index (χ3v) is 3.31. The van der Waals surface area contributed by atoms with Crippen LogP contribution in [-0.2, 0) is 9.53 Å². The lowest BCUT2D eigenvalue weighted by atomic mass is 10.2. The zero-order valence-corrected chi connectivity index (χ0v) is 14.0. The second kappa shape index (κ2) is 8.70. The number of carbonyl (C=O) groups is 3. The van der Waals surface area contributed by atoms with E-state index in [0.29, 0.717) is 16.3 Å². The molecule has 2 rings (SSSR count). The minimum Gasteiger partial charge on any atom is -0.497 e. The van der Waals surface area contributed by atoms with E-state index in [2.05, 4.69) is 10.9 Å². The summed E-state index contributed by atoms with van der Waals surface area (Å²) in [5, 5.41) is 0.491. The van der Waals surface area contributed by atoms with Crippen LogP contribution in [-0.4, -0.2) is 31.5 Å². The van der Waals surface area contributed by atoms with Crippen LogP contribution >= 0.6 is 11.6 Å². The predicted octanol–water partition coefficient (Wildman–Crippen LogP) is 1.97. The van der Waals surface area contributed by atoms with Crippen LogP contribution in [0.2, 0.25) is 5.02 Å². The Bertz CT molecular complexity index is 777. The molecule has 0 aliphatic rings. The Morgan fingerprint density at radius 3 is 2.40 bits per heavy atom. The van der Waals surface area contributed by atoms with E-state index in [1.54, 1.807) is 24.3 Å². The highest BCUT2D eigenvalue weighted by Gasteiger charge is 2.12. The SMILES string of the molecule is COc1cccc(C(=O)OCC(=O)NNC(=O)c2ccc(Cl)cc2)c1. The Balaban J connectivity index is 1.79. The molecule has 0 radical (unpaired) electrons. The van der Waals surface area contributed by atoms with Crippen LogP contribution in [0, 0.1) is 0 Å². The maximum Gasteiger partial charge on any atom is 0.338 e. The van der Waals surface area contributed by atoms with Gasteiger partial charge in [-0.25, -0.2) is 4.79 Å². The van der Waals surface area contributed by atoms with Crippen LogP contribution in [0.15, 0.2) is 48.5 Å². The maximum atomic E-state index is 11.9. The summed E-state index contributed by atoms with van der Waals surface area (Å²) >= 11 is 5.73. The molecule has 0 unspecified atom stereocenters. The van der Waals surface area contributed by atoms with Gasteiger partial charge in [-0.15, -0.1) is 0 Å². The number of ether oxygens (including phenoxy) is 2. The third-order valence-electron chi connectivity index (χ3n) is 3.06. The van der Waals surface area contributed by atoms with Crippen LogP contribution < -0.4 is 15.6 Å². The summed E-state index contributed by atoms with van der Waals surface area (Å²) in [7, 11) is 1.47. The number of halogens is 1. The van der Waals surface area contributed by atoms with Crippen molar-refractivity contribution in [1.29, 1.82) is 0 Å². The van der Waals surface area contributed by atoms with E-state index in [9.17, 15) is 14.4 Å². The van der Waals surface area contributed by atoms with Gasteiger partial charge in [0.25, 0.3) is 11.8 Å². The van der Waals surface area contributed by atoms with Crippen LogP contribution in [0.3, 0.4) is 0 Å². The zero-order chi connectivity index (χ0) is 18.2. The number of rotatable bonds is 5. The molecule has 25 heavy (non-hydrogen) atoms. The second-order valence-electron chi connectivity index (χ2n) is 4.82. The topological polar surface area (TPSA) is 93.7 Å². The fraction of sp³-hybridized carbons (Fsp3) is 0.118. The molecule has 2 N–H and O–H groups in total. The molecule has 0 saturated carbocycles. The Hall–Kier alpha value is -3.06. The normalized spacial score (nSPS) is 9.84. The van der Waals surface area contributed by atoms with E-state index in [4.69, 9.17) is 21.1 Å². The summed E-state index contributed by atoms with van der Waals surface area (Å²) in [6, 6.07) is 12.4. The molecule has 0 aliphatic heterocycles. The number of carbonyl (C=O) groups excluding carboxylic acids is 3. The molecule has 2 amide bonds. The van der Waals surface area contributed by atoms with Crippen molar-refractivity contribution in [3.63, 3.8) is 0 Å². The molecule has 2 aromatic rings. The molecule has 0 fully saturated rings. The number of amides is 2. The van der Waals surface area contributed by atoms with Crippen LogP contribution in [0.4, 0.5) is 0 Å². The van der Waals surface area contributed by atoms with Gasteiger partial charge in [-0.2, -0.15) is 0 Å². The Kier molecular flexibility index (Phi) is 6.36. The smallest absolute Gasteiger partial charge is 0.338 e. The molecule has 0 saturated heterocycles. The van der Waals surface area contributed by atoms with Gasteiger partial charge in [0, 0.05) is 10.6 Å². The standard InChI is InChI=1S/C17H15ClN2O5/c1-24-14-4-2-3-12(9-14)17(23)25-10-15(21)19-20-16(22)11-5-7-13(18)8-6-11/h2-9H,10H2,1H3,(H,19,21)(H,20,22). The van der Waals surface area contributed by atoms with Gasteiger partial charge >= 0.3 is 5.97 Å². The lowest BCUT2D eigenvalue weighted by Crippen LogP contribution is -2.43. The average Bonchev–Trinajstić information content (AvgIpc) is 2.64. The largest absolute Gasteiger partial charge is 0.497 e. The first kappa shape index (κ1) is 18.3. The quantitative estimate of drug-likeness (QED) is 0.626. The Morgan fingerprint density at radius 2 is 1.72 bits per heavy atom. The number of hydrogen-bond donors (Lipinski definition) is 2. The fourth-order valence-corrected chi connectivity index (χ4v) is 1.93. The van der Waals surface area contributed by atoms with Gasteiger partial charge in [0.15, 0.2) is 6.61 Å². The Morgan fingerprint density at radius 1 is 1.00 bits per heavy atom. The molecule has 0 aliphatic carbocycles. The van der Waals surface area contributed by atoms with Gasteiger partial charge < -0.3 is 9.47 Å². The summed E-state index contributed by atoms with van der Waals surface area (Å²) in [6.45, 7) is -0.545. The van der Waals surface area contributed by atoms with E-state index in [0.717, 1.165) is 0 Å². The monoisotopic (exact) mass is 362 g/mol. The molecule has 7 nitrogen and oxygen atoms in total. The summed E-state index contributed by atoms with van der Waals surface area (Å²) in [6.07, 6.45) is 0. The minimum atomic E-state index is -0.682. The predicted molar refractivity (Wildman–Crippen MR) is 90.3 cm³/mol. The van der Waals surface area contributed by atoms with Crippen molar-refractivity contribution in [2.75, 3.05) is 13.7 Å². The van der Waals surface area contributed by atoms with Gasteiger partial charge in [0.1, 0.15) is 5.75 Å². The highest BCUT2D eigenvalue weighted by Crippen LogP contribution is 2.13. The van der Waals surface area contributed by atoms with E-state index in [-0.39, 0.29) is 5.56 Å². The lowest BCUT2D eigenvalue weighted by Gasteiger charge is -2.08. The van der Waals surface area contributed by atoms with Crippen molar-refractivity contribution in [2.45, 2.75) is 0 Å². The highest BCUT2D eigenvalue weighted by atomic mass is 35.5. The summed E-state index contributed by atoms with van der Waals surface area (Å²) in [4.78, 5) is 35.3. The molecule has 2 aromatic carbocycles. The minimum absolute atomic E-state index is 0.248. The average molecular weight is 363 g/mol. The molecular weight excluding hydrogens is 348 g/mol. The van der Waals surface area contributed by atoms with Crippen molar-refractivity contribution in [2.24, 2.45) is 0 Å². The maximum absolute atomic E-state index is 11.9. The molecule has 0 bridgehead atoms. The highest BCUT2D eigenvalue weighted by molar-refractivity contribution is 6.30. The number of esters is 1. The van der Waals surface area contributed by atoms with Crippen LogP contribution in [0.25, 0.3) is 0 Å². The summed E-state index contributed by atoms with van der Waals surface area (Å²) in [5.41, 5.74) is 4.92. The zero-order valence-electron chi connectivity index (χ0n) is 13.2. The molecular formula is C17H15ClN2O5. The van der Waals surface area contributed by atoms with Gasteiger partial charge in [-0.3, -0.25) is 20.4 Å². The fourth-order valence-electron chi connectivity index (χ4n) is 1.80. The van der Waals surface area contributed by atoms with Crippen molar-refractivity contribution >= 4 is 29.4 Å².